The Balaban J connectivity index is 1.87. The minimum absolute atomic E-state index is 0.0294. The van der Waals surface area contributed by atoms with Gasteiger partial charge in [-0.1, -0.05) is 0 Å². The fourth-order valence-electron chi connectivity index (χ4n) is 3.52. The van der Waals surface area contributed by atoms with Crippen LogP contribution in [0.4, 0.5) is 5.69 Å². The molecule has 1 amide bonds. The van der Waals surface area contributed by atoms with Gasteiger partial charge in [-0.15, -0.1) is 0 Å². The van der Waals surface area contributed by atoms with E-state index in [-0.39, 0.29) is 9.79 Å². The number of anilines is 1. The highest BCUT2D eigenvalue weighted by Gasteiger charge is 2.28. The molecule has 10 nitrogen and oxygen atoms in total. The fourth-order valence-corrected chi connectivity index (χ4v) is 6.08. The van der Waals surface area contributed by atoms with Gasteiger partial charge in [-0.25, -0.2) is 21.1 Å². The Morgan fingerprint density at radius 2 is 1.67 bits per heavy atom. The molecule has 1 aliphatic heterocycles. The van der Waals surface area contributed by atoms with E-state index in [4.69, 9.17) is 0 Å². The molecule has 1 aromatic heterocycles. The SMILES string of the molecule is Cc1cc(S(=O)(=O)N(C)C)cc(NC(=O)Cn2cc(S(=O)(=O)N3CCCC3)ccc2=O)c1C. The van der Waals surface area contributed by atoms with E-state index < -0.39 is 38.1 Å². The molecule has 0 radical (unpaired) electrons. The van der Waals surface area contributed by atoms with Crippen molar-refractivity contribution in [3.05, 3.63) is 51.9 Å². The summed E-state index contributed by atoms with van der Waals surface area (Å²) in [4.78, 5) is 25.0. The van der Waals surface area contributed by atoms with Crippen LogP contribution >= 0.6 is 0 Å². The van der Waals surface area contributed by atoms with Crippen molar-refractivity contribution in [3.63, 3.8) is 0 Å². The lowest BCUT2D eigenvalue weighted by molar-refractivity contribution is -0.116. The number of nitrogens with zero attached hydrogens (tertiary/aromatic N) is 3. The molecule has 1 saturated heterocycles. The van der Waals surface area contributed by atoms with E-state index in [1.165, 1.54) is 42.8 Å². The number of nitrogens with one attached hydrogen (secondary N) is 1. The van der Waals surface area contributed by atoms with Gasteiger partial charge in [0.05, 0.1) is 9.79 Å². The molecule has 1 aromatic carbocycles. The molecule has 1 aliphatic rings. The normalized spacial score (nSPS) is 15.2. The third-order valence-electron chi connectivity index (χ3n) is 5.67. The van der Waals surface area contributed by atoms with Gasteiger partial charge in [0.1, 0.15) is 6.54 Å². The van der Waals surface area contributed by atoms with Gasteiger partial charge in [-0.3, -0.25) is 9.59 Å². The van der Waals surface area contributed by atoms with E-state index in [9.17, 15) is 26.4 Å². The van der Waals surface area contributed by atoms with Crippen molar-refractivity contribution in [1.29, 1.82) is 0 Å². The Morgan fingerprint density at radius 1 is 1.03 bits per heavy atom. The van der Waals surface area contributed by atoms with Crippen molar-refractivity contribution in [2.75, 3.05) is 32.5 Å². The summed E-state index contributed by atoms with van der Waals surface area (Å²) in [5.41, 5.74) is 1.12. The largest absolute Gasteiger partial charge is 0.324 e. The van der Waals surface area contributed by atoms with Crippen molar-refractivity contribution < 1.29 is 21.6 Å². The van der Waals surface area contributed by atoms with Crippen LogP contribution in [0.2, 0.25) is 0 Å². The lowest BCUT2D eigenvalue weighted by Gasteiger charge is -2.17. The van der Waals surface area contributed by atoms with E-state index >= 15 is 0 Å². The maximum atomic E-state index is 12.8. The monoisotopic (exact) mass is 496 g/mol. The number of benzene rings is 1. The minimum atomic E-state index is -3.74. The first-order valence-electron chi connectivity index (χ1n) is 10.4. The number of rotatable bonds is 7. The van der Waals surface area contributed by atoms with Gasteiger partial charge in [0.2, 0.25) is 26.0 Å². The third-order valence-corrected chi connectivity index (χ3v) is 9.34. The molecule has 0 bridgehead atoms. The molecule has 3 rings (SSSR count). The van der Waals surface area contributed by atoms with Crippen molar-refractivity contribution in [2.45, 2.75) is 43.0 Å². The molecule has 12 heteroatoms. The lowest BCUT2D eigenvalue weighted by atomic mass is 10.1. The summed E-state index contributed by atoms with van der Waals surface area (Å²) in [5, 5.41) is 2.65. The van der Waals surface area contributed by atoms with E-state index in [0.29, 0.717) is 29.9 Å². The van der Waals surface area contributed by atoms with Gasteiger partial charge in [0, 0.05) is 45.1 Å². The number of hydrogen-bond donors (Lipinski definition) is 1. The van der Waals surface area contributed by atoms with Crippen LogP contribution in [0.5, 0.6) is 0 Å². The predicted molar refractivity (Wildman–Crippen MR) is 124 cm³/mol. The van der Waals surface area contributed by atoms with Crippen molar-refractivity contribution in [3.8, 4) is 0 Å². The molecular weight excluding hydrogens is 468 g/mol. The third kappa shape index (κ3) is 5.18. The van der Waals surface area contributed by atoms with Crippen molar-refractivity contribution >= 4 is 31.6 Å². The molecule has 2 heterocycles. The molecule has 1 fully saturated rings. The smallest absolute Gasteiger partial charge is 0.251 e. The summed E-state index contributed by atoms with van der Waals surface area (Å²) in [6.07, 6.45) is 2.73. The maximum absolute atomic E-state index is 12.8. The van der Waals surface area contributed by atoms with Gasteiger partial charge in [-0.2, -0.15) is 4.31 Å². The second kappa shape index (κ2) is 9.37. The average Bonchev–Trinajstić information content (AvgIpc) is 3.28. The second-order valence-electron chi connectivity index (χ2n) is 8.19. The molecular formula is C21H28N4O6S2. The number of pyridine rings is 1. The Bertz CT molecular complexity index is 1340. The first-order chi connectivity index (χ1) is 15.3. The second-order valence-corrected chi connectivity index (χ2v) is 12.3. The highest BCUT2D eigenvalue weighted by molar-refractivity contribution is 7.89. The number of carbonyl (C=O) groups is 1. The molecule has 2 aromatic rings. The van der Waals surface area contributed by atoms with Crippen molar-refractivity contribution in [2.24, 2.45) is 0 Å². The average molecular weight is 497 g/mol. The van der Waals surface area contributed by atoms with Crippen LogP contribution in [0.3, 0.4) is 0 Å². The standard InChI is InChI=1S/C21H28N4O6S2/c1-15-11-18(32(28,29)23(3)4)12-19(16(15)2)22-20(26)14-24-13-17(7-8-21(24)27)33(30,31)25-9-5-6-10-25/h7-8,11-13H,5-6,9-10,14H2,1-4H3,(H,22,26). The summed E-state index contributed by atoms with van der Waals surface area (Å²) < 4.78 is 54.1. The predicted octanol–water partition coefficient (Wildman–Crippen LogP) is 1.14. The number of aromatic nitrogens is 1. The molecule has 0 aliphatic carbocycles. The number of amides is 1. The summed E-state index contributed by atoms with van der Waals surface area (Å²) in [5.74, 6) is -0.588. The Kier molecular flexibility index (Phi) is 7.13. The van der Waals surface area contributed by atoms with Crippen LogP contribution in [0.25, 0.3) is 0 Å². The number of hydrogen-bond acceptors (Lipinski definition) is 6. The molecule has 0 unspecified atom stereocenters. The minimum Gasteiger partial charge on any atom is -0.324 e. The lowest BCUT2D eigenvalue weighted by Crippen LogP contribution is -2.31. The van der Waals surface area contributed by atoms with Crippen molar-refractivity contribution in [1.82, 2.24) is 13.2 Å². The number of sulfonamides is 2. The van der Waals surface area contributed by atoms with E-state index in [0.717, 1.165) is 27.8 Å². The van der Waals surface area contributed by atoms with Gasteiger partial charge in [0.25, 0.3) is 5.56 Å². The van der Waals surface area contributed by atoms with E-state index in [1.54, 1.807) is 13.8 Å². The van der Waals surface area contributed by atoms with Crippen LogP contribution in [-0.4, -0.2) is 63.1 Å². The Labute approximate surface area is 193 Å². The highest BCUT2D eigenvalue weighted by atomic mass is 32.2. The van der Waals surface area contributed by atoms with Crippen LogP contribution in [0, 0.1) is 13.8 Å². The van der Waals surface area contributed by atoms with Crippen LogP contribution in [0.15, 0.2) is 45.0 Å². The fraction of sp³-hybridized carbons (Fsp3) is 0.429. The summed E-state index contributed by atoms with van der Waals surface area (Å²) in [6, 6.07) is 5.26. The van der Waals surface area contributed by atoms with Crippen LogP contribution in [-0.2, 0) is 31.4 Å². The van der Waals surface area contributed by atoms with Gasteiger partial charge < -0.3 is 9.88 Å². The van der Waals surface area contributed by atoms with Gasteiger partial charge >= 0.3 is 0 Å². The van der Waals surface area contributed by atoms with Gasteiger partial charge in [-0.05, 0) is 56.0 Å². The topological polar surface area (TPSA) is 126 Å². The molecule has 0 atom stereocenters. The van der Waals surface area contributed by atoms with Crippen LogP contribution < -0.4 is 10.9 Å². The van der Waals surface area contributed by atoms with E-state index in [1.807, 2.05) is 0 Å². The van der Waals surface area contributed by atoms with Crippen LogP contribution in [0.1, 0.15) is 24.0 Å². The van der Waals surface area contributed by atoms with E-state index in [2.05, 4.69) is 5.32 Å². The zero-order valence-corrected chi connectivity index (χ0v) is 20.7. The first-order valence-corrected chi connectivity index (χ1v) is 13.3. The quantitative estimate of drug-likeness (QED) is 0.613. The molecule has 0 spiro atoms. The zero-order valence-electron chi connectivity index (χ0n) is 19.0. The summed E-state index contributed by atoms with van der Waals surface area (Å²) in [6.45, 7) is 3.90. The number of aryl methyl sites for hydroxylation is 1. The highest BCUT2D eigenvalue weighted by Crippen LogP contribution is 2.26. The molecule has 1 N–H and O–H groups in total. The summed E-state index contributed by atoms with van der Waals surface area (Å²) >= 11 is 0. The maximum Gasteiger partial charge on any atom is 0.251 e. The molecule has 180 valence electrons. The molecule has 33 heavy (non-hydrogen) atoms. The summed E-state index contributed by atoms with van der Waals surface area (Å²) in [7, 11) is -4.63. The van der Waals surface area contributed by atoms with Gasteiger partial charge in [0.15, 0.2) is 0 Å². The first kappa shape index (κ1) is 25.1. The number of carbonyl (C=O) groups excluding carboxylic acids is 1. The Hall–Kier alpha value is -2.54. The Morgan fingerprint density at radius 3 is 2.27 bits per heavy atom. The zero-order chi connectivity index (χ0) is 24.6. The molecule has 0 saturated carbocycles.